The van der Waals surface area contributed by atoms with Crippen LogP contribution >= 0.6 is 0 Å². The van der Waals surface area contributed by atoms with E-state index in [-0.39, 0.29) is 6.54 Å². The summed E-state index contributed by atoms with van der Waals surface area (Å²) in [5.41, 5.74) is 0.933. The van der Waals surface area contributed by atoms with Crippen LogP contribution in [0.2, 0.25) is 0 Å². The van der Waals surface area contributed by atoms with E-state index in [1.807, 2.05) is 28.8 Å². The summed E-state index contributed by atoms with van der Waals surface area (Å²) in [6, 6.07) is 7.56. The quantitative estimate of drug-likeness (QED) is 0.788. The Hall–Kier alpha value is -1.77. The van der Waals surface area contributed by atoms with Gasteiger partial charge in [-0.2, -0.15) is 0 Å². The van der Waals surface area contributed by atoms with Crippen molar-refractivity contribution in [3.05, 3.63) is 30.1 Å². The number of fused-ring (bicyclic) bond motifs is 1. The second-order valence-electron chi connectivity index (χ2n) is 4.92. The van der Waals surface area contributed by atoms with Gasteiger partial charge in [0.2, 0.25) is 0 Å². The minimum Gasteiger partial charge on any atom is -0.598 e. The van der Waals surface area contributed by atoms with Crippen molar-refractivity contribution >= 4 is 10.4 Å². The molecule has 1 atom stereocenters. The number of sulfonamides is 1. The van der Waals surface area contributed by atoms with Gasteiger partial charge in [0, 0.05) is 12.1 Å². The van der Waals surface area contributed by atoms with Crippen LogP contribution < -0.4 is 4.74 Å². The first kappa shape index (κ1) is 14.2. The average molecular weight is 308 g/mol. The molecule has 0 bridgehead atoms. The van der Waals surface area contributed by atoms with Gasteiger partial charge < -0.3 is 13.9 Å². The molecule has 3 rings (SSSR count). The Bertz CT molecular complexity index is 692. The largest absolute Gasteiger partial charge is 0.598 e. The molecule has 2 heterocycles. The molecule has 1 aliphatic heterocycles. The Morgan fingerprint density at radius 1 is 1.24 bits per heavy atom. The van der Waals surface area contributed by atoms with Gasteiger partial charge in [-0.25, -0.2) is 0 Å². The maximum atomic E-state index is 11.6. The zero-order valence-corrected chi connectivity index (χ0v) is 12.7. The molecular formula is C13H16N4O3S. The van der Waals surface area contributed by atoms with Crippen LogP contribution in [0.3, 0.4) is 0 Å². The summed E-state index contributed by atoms with van der Waals surface area (Å²) in [4.78, 5) is 0. The molecule has 21 heavy (non-hydrogen) atoms. The van der Waals surface area contributed by atoms with Crippen LogP contribution in [0, 0.1) is 0 Å². The molecule has 1 unspecified atom stereocenters. The number of nitrogens with zero attached hydrogens (tertiary/aromatic N) is 4. The lowest BCUT2D eigenvalue weighted by molar-refractivity contribution is 0.306. The van der Waals surface area contributed by atoms with Crippen molar-refractivity contribution in [1.82, 2.24) is 19.1 Å². The SMILES string of the molecule is COc1ccc(-c2nnc3n2CCN([S+](C)(=O)[O-])C3)cc1. The van der Waals surface area contributed by atoms with Crippen LogP contribution in [0.4, 0.5) is 0 Å². The Kier molecular flexibility index (Phi) is 3.52. The average Bonchev–Trinajstić information content (AvgIpc) is 2.89. The third kappa shape index (κ3) is 2.69. The fourth-order valence-electron chi connectivity index (χ4n) is 2.37. The summed E-state index contributed by atoms with van der Waals surface area (Å²) in [7, 11) is -1.58. The molecule has 1 aromatic heterocycles. The van der Waals surface area contributed by atoms with Gasteiger partial charge in [-0.3, -0.25) is 0 Å². The van der Waals surface area contributed by atoms with Crippen LogP contribution in [-0.2, 0) is 27.7 Å². The molecule has 0 saturated carbocycles. The Morgan fingerprint density at radius 2 is 1.95 bits per heavy atom. The highest BCUT2D eigenvalue weighted by Gasteiger charge is 2.29. The van der Waals surface area contributed by atoms with Gasteiger partial charge >= 0.3 is 0 Å². The van der Waals surface area contributed by atoms with Crippen molar-refractivity contribution in [2.45, 2.75) is 13.1 Å². The first-order chi connectivity index (χ1) is 9.99. The van der Waals surface area contributed by atoms with Gasteiger partial charge in [0.15, 0.2) is 11.6 Å². The predicted molar refractivity (Wildman–Crippen MR) is 77.2 cm³/mol. The van der Waals surface area contributed by atoms with Crippen LogP contribution in [0.1, 0.15) is 5.82 Å². The summed E-state index contributed by atoms with van der Waals surface area (Å²) in [6.07, 6.45) is 1.21. The number of methoxy groups -OCH3 is 1. The molecule has 1 aromatic carbocycles. The highest BCUT2D eigenvalue weighted by molar-refractivity contribution is 7.94. The number of ether oxygens (including phenoxy) is 1. The number of rotatable bonds is 3. The maximum absolute atomic E-state index is 11.6. The molecule has 1 aliphatic rings. The van der Waals surface area contributed by atoms with E-state index in [4.69, 9.17) is 4.74 Å². The second kappa shape index (κ2) is 5.21. The summed E-state index contributed by atoms with van der Waals surface area (Å²) < 4.78 is 31.7. The minimum atomic E-state index is -3.20. The normalized spacial score (nSPS) is 18.0. The zero-order valence-electron chi connectivity index (χ0n) is 11.9. The van der Waals surface area contributed by atoms with Crippen molar-refractivity contribution in [1.29, 1.82) is 0 Å². The van der Waals surface area contributed by atoms with E-state index >= 15 is 0 Å². The molecule has 112 valence electrons. The Morgan fingerprint density at radius 3 is 2.57 bits per heavy atom. The number of hydrogen-bond acceptors (Lipinski definition) is 5. The first-order valence-electron chi connectivity index (χ1n) is 6.50. The lowest BCUT2D eigenvalue weighted by Crippen LogP contribution is -2.41. The fourth-order valence-corrected chi connectivity index (χ4v) is 3.14. The van der Waals surface area contributed by atoms with Crippen molar-refractivity contribution in [2.24, 2.45) is 0 Å². The number of hydrogen-bond donors (Lipinski definition) is 0. The van der Waals surface area contributed by atoms with E-state index in [2.05, 4.69) is 10.2 Å². The lowest BCUT2D eigenvalue weighted by atomic mass is 10.2. The van der Waals surface area contributed by atoms with Gasteiger partial charge in [-0.05, 0) is 24.3 Å². The Balaban J connectivity index is 1.90. The topological polar surface area (TPSA) is 83.3 Å². The standard InChI is InChI=1S/C13H16N4O3S/c1-20-11-5-3-10(4-6-11)13-15-14-12-9-16(21(2,18)19)7-8-17(12)13/h3-6H,7-9H2,1-2H3. The first-order valence-corrected chi connectivity index (χ1v) is 8.35. The highest BCUT2D eigenvalue weighted by Crippen LogP contribution is 2.25. The molecule has 7 nitrogen and oxygen atoms in total. The van der Waals surface area contributed by atoms with E-state index < -0.39 is 10.4 Å². The maximum Gasteiger partial charge on any atom is 0.164 e. The second-order valence-corrected chi connectivity index (χ2v) is 6.90. The third-order valence-electron chi connectivity index (χ3n) is 3.54. The molecule has 2 aromatic rings. The van der Waals surface area contributed by atoms with Gasteiger partial charge in [-0.15, -0.1) is 14.5 Å². The van der Waals surface area contributed by atoms with Gasteiger partial charge in [-0.1, -0.05) is 4.21 Å². The smallest absolute Gasteiger partial charge is 0.164 e. The molecule has 0 radical (unpaired) electrons. The van der Waals surface area contributed by atoms with E-state index in [1.165, 1.54) is 10.6 Å². The van der Waals surface area contributed by atoms with Gasteiger partial charge in [0.25, 0.3) is 0 Å². The molecule has 0 spiro atoms. The summed E-state index contributed by atoms with van der Waals surface area (Å²) in [5, 5.41) is 8.31. The van der Waals surface area contributed by atoms with Crippen molar-refractivity contribution < 1.29 is 13.5 Å². The van der Waals surface area contributed by atoms with Crippen molar-refractivity contribution in [3.8, 4) is 17.1 Å². The van der Waals surface area contributed by atoms with Gasteiger partial charge in [0.1, 0.15) is 28.9 Å². The highest BCUT2D eigenvalue weighted by atomic mass is 32.3. The number of benzene rings is 1. The molecule has 0 amide bonds. The van der Waals surface area contributed by atoms with Crippen molar-refractivity contribution in [2.75, 3.05) is 19.9 Å². The molecule has 0 saturated heterocycles. The van der Waals surface area contributed by atoms with Crippen molar-refractivity contribution in [3.63, 3.8) is 0 Å². The third-order valence-corrected chi connectivity index (χ3v) is 4.79. The summed E-state index contributed by atoms with van der Waals surface area (Å²) in [5.74, 6) is 2.19. The molecule has 0 aliphatic carbocycles. The summed E-state index contributed by atoms with van der Waals surface area (Å²) >= 11 is 0. The van der Waals surface area contributed by atoms with Crippen LogP contribution in [-0.4, -0.2) is 43.5 Å². The zero-order chi connectivity index (χ0) is 15.0. The summed E-state index contributed by atoms with van der Waals surface area (Å²) in [6.45, 7) is 1.26. The van der Waals surface area contributed by atoms with Crippen LogP contribution in [0.15, 0.2) is 24.3 Å². The monoisotopic (exact) mass is 308 g/mol. The fraction of sp³-hybridized carbons (Fsp3) is 0.385. The van der Waals surface area contributed by atoms with E-state index in [0.29, 0.717) is 18.9 Å². The minimum absolute atomic E-state index is 0.266. The van der Waals surface area contributed by atoms with Crippen LogP contribution in [0.5, 0.6) is 5.75 Å². The predicted octanol–water partition coefficient (Wildman–Crippen LogP) is 0.944. The lowest BCUT2D eigenvalue weighted by Gasteiger charge is -2.28. The van der Waals surface area contributed by atoms with E-state index in [0.717, 1.165) is 17.1 Å². The molecule has 8 heteroatoms. The molecule has 0 fully saturated rings. The van der Waals surface area contributed by atoms with E-state index in [9.17, 15) is 8.76 Å². The number of aromatic nitrogens is 3. The van der Waals surface area contributed by atoms with E-state index in [1.54, 1.807) is 7.11 Å². The molecular weight excluding hydrogens is 292 g/mol. The Labute approximate surface area is 123 Å². The van der Waals surface area contributed by atoms with Crippen LogP contribution in [0.25, 0.3) is 11.4 Å². The van der Waals surface area contributed by atoms with Gasteiger partial charge in [0.05, 0.1) is 13.7 Å². The molecule has 0 N–H and O–H groups in total.